The van der Waals surface area contributed by atoms with Crippen LogP contribution in [0.2, 0.25) is 0 Å². The number of aromatic nitrogens is 5. The molecule has 7 nitrogen and oxygen atoms in total. The number of ether oxygens (including phenoxy) is 1. The molecule has 0 spiro atoms. The lowest BCUT2D eigenvalue weighted by atomic mass is 10.2. The maximum absolute atomic E-state index is 12.2. The standard InChI is InChI=1S/C19H13F2N5O2S/c20-19(21)28-15-8-6-13(10-22-15)14-7-9-17(27)26(25-14)11-16-23-24-18(29-16)12-4-2-1-3-5-12/h1-10,19H,11H2. The van der Waals surface area contributed by atoms with Crippen molar-refractivity contribution in [2.24, 2.45) is 0 Å². The van der Waals surface area contributed by atoms with Crippen molar-refractivity contribution in [3.63, 3.8) is 0 Å². The van der Waals surface area contributed by atoms with Crippen LogP contribution in [0.15, 0.2) is 65.6 Å². The van der Waals surface area contributed by atoms with Crippen LogP contribution in [0.1, 0.15) is 5.01 Å². The van der Waals surface area contributed by atoms with Crippen molar-refractivity contribution in [2.75, 3.05) is 0 Å². The molecule has 3 heterocycles. The Morgan fingerprint density at radius 2 is 1.83 bits per heavy atom. The van der Waals surface area contributed by atoms with Gasteiger partial charge in [0.25, 0.3) is 5.56 Å². The van der Waals surface area contributed by atoms with E-state index in [9.17, 15) is 13.6 Å². The van der Waals surface area contributed by atoms with Gasteiger partial charge in [0, 0.05) is 29.5 Å². The summed E-state index contributed by atoms with van der Waals surface area (Å²) >= 11 is 1.38. The topological polar surface area (TPSA) is 82.8 Å². The van der Waals surface area contributed by atoms with Crippen molar-refractivity contribution in [1.82, 2.24) is 25.0 Å². The van der Waals surface area contributed by atoms with E-state index >= 15 is 0 Å². The quantitative estimate of drug-likeness (QED) is 0.481. The fraction of sp³-hybridized carbons (Fsp3) is 0.105. The minimum absolute atomic E-state index is 0.164. The van der Waals surface area contributed by atoms with Gasteiger partial charge in [-0.05, 0) is 12.1 Å². The first-order valence-corrected chi connectivity index (χ1v) is 9.27. The minimum Gasteiger partial charge on any atom is -0.417 e. The fourth-order valence-electron chi connectivity index (χ4n) is 2.55. The molecule has 4 rings (SSSR count). The van der Waals surface area contributed by atoms with Gasteiger partial charge < -0.3 is 4.74 Å². The normalized spacial score (nSPS) is 11.0. The summed E-state index contributed by atoms with van der Waals surface area (Å²) in [6.07, 6.45) is 1.35. The summed E-state index contributed by atoms with van der Waals surface area (Å²) in [6, 6.07) is 15.4. The van der Waals surface area contributed by atoms with Gasteiger partial charge in [-0.3, -0.25) is 4.79 Å². The summed E-state index contributed by atoms with van der Waals surface area (Å²) in [5.74, 6) is -0.195. The number of hydrogen-bond donors (Lipinski definition) is 0. The van der Waals surface area contributed by atoms with Crippen LogP contribution >= 0.6 is 11.3 Å². The van der Waals surface area contributed by atoms with E-state index in [1.165, 1.54) is 34.3 Å². The molecule has 0 aliphatic heterocycles. The maximum Gasteiger partial charge on any atom is 0.388 e. The molecule has 0 N–H and O–H groups in total. The number of pyridine rings is 1. The third-order valence-electron chi connectivity index (χ3n) is 3.88. The molecule has 29 heavy (non-hydrogen) atoms. The summed E-state index contributed by atoms with van der Waals surface area (Å²) < 4.78 is 30.0. The molecule has 0 saturated heterocycles. The Morgan fingerprint density at radius 3 is 2.55 bits per heavy atom. The van der Waals surface area contributed by atoms with Gasteiger partial charge in [-0.15, -0.1) is 10.2 Å². The van der Waals surface area contributed by atoms with Crippen LogP contribution in [0, 0.1) is 0 Å². The van der Waals surface area contributed by atoms with Gasteiger partial charge in [0.2, 0.25) is 5.88 Å². The van der Waals surface area contributed by atoms with Gasteiger partial charge in [-0.2, -0.15) is 13.9 Å². The molecule has 0 saturated carbocycles. The maximum atomic E-state index is 12.2. The summed E-state index contributed by atoms with van der Waals surface area (Å²) in [4.78, 5) is 16.0. The zero-order valence-electron chi connectivity index (χ0n) is 14.8. The Labute approximate surface area is 167 Å². The summed E-state index contributed by atoms with van der Waals surface area (Å²) in [6.45, 7) is -2.78. The Balaban J connectivity index is 1.56. The lowest BCUT2D eigenvalue weighted by Crippen LogP contribution is -2.22. The Morgan fingerprint density at radius 1 is 1.00 bits per heavy atom. The highest BCUT2D eigenvalue weighted by atomic mass is 32.1. The Kier molecular flexibility index (Phi) is 5.34. The van der Waals surface area contributed by atoms with Crippen molar-refractivity contribution in [3.8, 4) is 27.7 Å². The van der Waals surface area contributed by atoms with Gasteiger partial charge in [0.05, 0.1) is 12.2 Å². The Bertz CT molecular complexity index is 1160. The number of benzene rings is 1. The van der Waals surface area contributed by atoms with Gasteiger partial charge in [-0.25, -0.2) is 9.67 Å². The van der Waals surface area contributed by atoms with Gasteiger partial charge in [0.15, 0.2) is 0 Å². The van der Waals surface area contributed by atoms with Gasteiger partial charge in [0.1, 0.15) is 10.0 Å². The van der Waals surface area contributed by atoms with Crippen LogP contribution in [0.4, 0.5) is 8.78 Å². The highest BCUT2D eigenvalue weighted by Crippen LogP contribution is 2.23. The molecule has 0 atom stereocenters. The predicted molar refractivity (Wildman–Crippen MR) is 103 cm³/mol. The number of alkyl halides is 2. The van der Waals surface area contributed by atoms with E-state index in [2.05, 4.69) is 25.0 Å². The van der Waals surface area contributed by atoms with Gasteiger partial charge in [-0.1, -0.05) is 41.7 Å². The number of halogens is 2. The highest BCUT2D eigenvalue weighted by Gasteiger charge is 2.11. The summed E-state index contributed by atoms with van der Waals surface area (Å²) in [5, 5.41) is 14.0. The number of nitrogens with zero attached hydrogens (tertiary/aromatic N) is 5. The molecule has 0 unspecified atom stereocenters. The molecule has 4 aromatic rings. The van der Waals surface area contributed by atoms with Crippen molar-refractivity contribution >= 4 is 11.3 Å². The molecule has 0 fully saturated rings. The molecule has 0 aliphatic rings. The van der Waals surface area contributed by atoms with Crippen molar-refractivity contribution < 1.29 is 13.5 Å². The molecule has 0 radical (unpaired) electrons. The average molecular weight is 413 g/mol. The smallest absolute Gasteiger partial charge is 0.388 e. The average Bonchev–Trinajstić information content (AvgIpc) is 3.19. The molecular weight excluding hydrogens is 400 g/mol. The zero-order chi connectivity index (χ0) is 20.2. The summed E-state index contributed by atoms with van der Waals surface area (Å²) in [5.41, 5.74) is 1.68. The van der Waals surface area contributed by atoms with E-state index in [0.717, 1.165) is 10.6 Å². The molecule has 0 amide bonds. The second-order valence-electron chi connectivity index (χ2n) is 5.85. The van der Waals surface area contributed by atoms with E-state index in [1.54, 1.807) is 12.1 Å². The second-order valence-corrected chi connectivity index (χ2v) is 6.91. The SMILES string of the molecule is O=c1ccc(-c2ccc(OC(F)F)nc2)nn1Cc1nnc(-c2ccccc2)s1. The van der Waals surface area contributed by atoms with E-state index < -0.39 is 6.61 Å². The van der Waals surface area contributed by atoms with Crippen molar-refractivity contribution in [1.29, 1.82) is 0 Å². The predicted octanol–water partition coefficient (Wildman–Crippen LogP) is 3.47. The fourth-order valence-corrected chi connectivity index (χ4v) is 3.38. The van der Waals surface area contributed by atoms with Crippen LogP contribution in [0.3, 0.4) is 0 Å². The van der Waals surface area contributed by atoms with E-state index in [0.29, 0.717) is 16.3 Å². The van der Waals surface area contributed by atoms with Crippen LogP contribution in [0.5, 0.6) is 5.88 Å². The van der Waals surface area contributed by atoms with Crippen molar-refractivity contribution in [3.05, 3.63) is 76.2 Å². The number of rotatable bonds is 6. The molecule has 146 valence electrons. The van der Waals surface area contributed by atoms with Crippen LogP contribution in [-0.2, 0) is 6.54 Å². The van der Waals surface area contributed by atoms with E-state index in [-0.39, 0.29) is 18.0 Å². The van der Waals surface area contributed by atoms with Crippen LogP contribution in [0.25, 0.3) is 21.8 Å². The van der Waals surface area contributed by atoms with Crippen LogP contribution in [-0.4, -0.2) is 31.6 Å². The van der Waals surface area contributed by atoms with E-state index in [1.807, 2.05) is 30.3 Å². The van der Waals surface area contributed by atoms with E-state index in [4.69, 9.17) is 0 Å². The number of hydrogen-bond acceptors (Lipinski definition) is 7. The molecule has 0 bridgehead atoms. The highest BCUT2D eigenvalue weighted by molar-refractivity contribution is 7.14. The monoisotopic (exact) mass is 413 g/mol. The lowest BCUT2D eigenvalue weighted by molar-refractivity contribution is -0.0528. The van der Waals surface area contributed by atoms with Crippen LogP contribution < -0.4 is 10.3 Å². The Hall–Kier alpha value is -3.53. The minimum atomic E-state index is -2.94. The summed E-state index contributed by atoms with van der Waals surface area (Å²) in [7, 11) is 0. The molecule has 1 aromatic carbocycles. The van der Waals surface area contributed by atoms with Crippen molar-refractivity contribution in [2.45, 2.75) is 13.2 Å². The molecule has 3 aromatic heterocycles. The first kappa shape index (κ1) is 18.8. The largest absolute Gasteiger partial charge is 0.417 e. The second kappa shape index (κ2) is 8.23. The third-order valence-corrected chi connectivity index (χ3v) is 4.84. The lowest BCUT2D eigenvalue weighted by Gasteiger charge is -2.06. The zero-order valence-corrected chi connectivity index (χ0v) is 15.6. The third kappa shape index (κ3) is 4.49. The first-order valence-electron chi connectivity index (χ1n) is 8.46. The molecule has 0 aliphatic carbocycles. The van der Waals surface area contributed by atoms with Gasteiger partial charge >= 0.3 is 6.61 Å². The molecule has 10 heteroatoms. The molecular formula is C19H13F2N5O2S. The first-order chi connectivity index (χ1) is 14.1.